The molecule has 9 nitrogen and oxygen atoms in total. The number of benzene rings is 2. The van der Waals surface area contributed by atoms with Crippen molar-refractivity contribution in [2.24, 2.45) is 0 Å². The average molecular weight is 463 g/mol. The van der Waals surface area contributed by atoms with Crippen LogP contribution in [0, 0.1) is 6.92 Å². The number of rotatable bonds is 9. The van der Waals surface area contributed by atoms with Crippen molar-refractivity contribution in [3.63, 3.8) is 0 Å². The van der Waals surface area contributed by atoms with Crippen molar-refractivity contribution in [3.8, 4) is 5.75 Å². The minimum atomic E-state index is -3.95. The zero-order valence-electron chi connectivity index (χ0n) is 17.7. The van der Waals surface area contributed by atoms with Crippen LogP contribution in [0.3, 0.4) is 0 Å². The van der Waals surface area contributed by atoms with E-state index in [4.69, 9.17) is 14.6 Å². The fourth-order valence-corrected chi connectivity index (χ4v) is 4.42. The molecule has 0 unspecified atom stereocenters. The molecular weight excluding hydrogens is 436 g/mol. The summed E-state index contributed by atoms with van der Waals surface area (Å²) in [6.45, 7) is 3.73. The molecular formula is C22H26N2O7S. The number of carboxylic acid groups (broad SMARTS) is 1. The molecule has 1 saturated heterocycles. The zero-order valence-corrected chi connectivity index (χ0v) is 18.6. The smallest absolute Gasteiger partial charge is 0.303 e. The molecule has 1 amide bonds. The molecule has 2 aromatic carbocycles. The van der Waals surface area contributed by atoms with Gasteiger partial charge in [-0.3, -0.25) is 14.3 Å². The van der Waals surface area contributed by atoms with Gasteiger partial charge in [-0.05, 0) is 49.2 Å². The molecule has 172 valence electrons. The van der Waals surface area contributed by atoms with Crippen molar-refractivity contribution >= 4 is 27.6 Å². The molecule has 0 atom stereocenters. The quantitative estimate of drug-likeness (QED) is 0.549. The fourth-order valence-electron chi connectivity index (χ4n) is 3.26. The molecule has 32 heavy (non-hydrogen) atoms. The summed E-state index contributed by atoms with van der Waals surface area (Å²) in [5, 5.41) is 8.68. The Balaban J connectivity index is 1.74. The van der Waals surface area contributed by atoms with Crippen LogP contribution in [0.4, 0.5) is 5.69 Å². The highest BCUT2D eigenvalue weighted by Gasteiger charge is 2.23. The number of nitrogens with one attached hydrogen (secondary N) is 1. The van der Waals surface area contributed by atoms with Gasteiger partial charge in [0.25, 0.3) is 15.9 Å². The maximum Gasteiger partial charge on any atom is 0.303 e. The number of anilines is 1. The Morgan fingerprint density at radius 2 is 1.88 bits per heavy atom. The highest BCUT2D eigenvalue weighted by Crippen LogP contribution is 2.26. The van der Waals surface area contributed by atoms with Gasteiger partial charge in [-0.2, -0.15) is 0 Å². The highest BCUT2D eigenvalue weighted by atomic mass is 32.2. The standard InChI is InChI=1S/C22H26N2O7S/c1-16-15-17(8-9-20(16)31-12-4-7-21(25)26)32(28,29)23-19-6-3-2-5-18(19)22(27)24-10-13-30-14-11-24/h2-3,5-6,8-9,15,23H,4,7,10-14H2,1H3,(H,25,26). The van der Waals surface area contributed by atoms with Crippen LogP contribution >= 0.6 is 0 Å². The lowest BCUT2D eigenvalue weighted by atomic mass is 10.1. The van der Waals surface area contributed by atoms with E-state index in [2.05, 4.69) is 4.72 Å². The Hall–Kier alpha value is -3.11. The van der Waals surface area contributed by atoms with Crippen LogP contribution in [-0.4, -0.2) is 63.2 Å². The van der Waals surface area contributed by atoms with E-state index in [1.807, 2.05) is 0 Å². The van der Waals surface area contributed by atoms with Crippen LogP contribution < -0.4 is 9.46 Å². The largest absolute Gasteiger partial charge is 0.493 e. The van der Waals surface area contributed by atoms with E-state index >= 15 is 0 Å². The van der Waals surface area contributed by atoms with Gasteiger partial charge in [-0.1, -0.05) is 12.1 Å². The lowest BCUT2D eigenvalue weighted by Gasteiger charge is -2.27. The van der Waals surface area contributed by atoms with Gasteiger partial charge in [0.1, 0.15) is 5.75 Å². The SMILES string of the molecule is Cc1cc(S(=O)(=O)Nc2ccccc2C(=O)N2CCOCC2)ccc1OCCCC(=O)O. The zero-order chi connectivity index (χ0) is 23.1. The molecule has 0 aliphatic carbocycles. The number of ether oxygens (including phenoxy) is 2. The van der Waals surface area contributed by atoms with E-state index in [1.54, 1.807) is 36.1 Å². The molecule has 1 fully saturated rings. The molecule has 0 aromatic heterocycles. The Labute approximate surface area is 187 Å². The second kappa shape index (κ2) is 10.5. The van der Waals surface area contributed by atoms with E-state index in [1.165, 1.54) is 18.2 Å². The predicted molar refractivity (Wildman–Crippen MR) is 118 cm³/mol. The number of aliphatic carboxylic acids is 1. The number of carbonyl (C=O) groups is 2. The molecule has 0 saturated carbocycles. The van der Waals surface area contributed by atoms with E-state index in [-0.39, 0.29) is 35.1 Å². The lowest BCUT2D eigenvalue weighted by Crippen LogP contribution is -2.41. The number of nitrogens with zero attached hydrogens (tertiary/aromatic N) is 1. The molecule has 1 heterocycles. The first-order chi connectivity index (χ1) is 15.3. The minimum Gasteiger partial charge on any atom is -0.493 e. The van der Waals surface area contributed by atoms with E-state index in [9.17, 15) is 18.0 Å². The molecule has 2 N–H and O–H groups in total. The first kappa shape index (κ1) is 23.6. The molecule has 1 aliphatic heterocycles. The van der Waals surface area contributed by atoms with Crippen LogP contribution in [0.25, 0.3) is 0 Å². The number of carboxylic acids is 1. The van der Waals surface area contributed by atoms with Gasteiger partial charge in [-0.15, -0.1) is 0 Å². The summed E-state index contributed by atoms with van der Waals surface area (Å²) in [5.41, 5.74) is 1.07. The molecule has 0 bridgehead atoms. The summed E-state index contributed by atoms with van der Waals surface area (Å²) in [6, 6.07) is 10.9. The molecule has 0 radical (unpaired) electrons. The van der Waals surface area contributed by atoms with Crippen molar-refractivity contribution in [1.82, 2.24) is 4.90 Å². The van der Waals surface area contributed by atoms with Crippen molar-refractivity contribution < 1.29 is 32.6 Å². The molecule has 1 aliphatic rings. The number of sulfonamides is 1. The molecule has 2 aromatic rings. The minimum absolute atomic E-state index is 0.00197. The van der Waals surface area contributed by atoms with Gasteiger partial charge in [0.2, 0.25) is 0 Å². The van der Waals surface area contributed by atoms with Gasteiger partial charge < -0.3 is 19.5 Å². The number of para-hydroxylation sites is 1. The number of hydrogen-bond acceptors (Lipinski definition) is 6. The number of carbonyl (C=O) groups excluding carboxylic acids is 1. The normalized spacial score (nSPS) is 14.1. The van der Waals surface area contributed by atoms with Crippen molar-refractivity contribution in [3.05, 3.63) is 53.6 Å². The van der Waals surface area contributed by atoms with Crippen LogP contribution in [0.15, 0.2) is 47.4 Å². The number of morpholine rings is 1. The Morgan fingerprint density at radius 1 is 1.16 bits per heavy atom. The van der Waals surface area contributed by atoms with Gasteiger partial charge in [-0.25, -0.2) is 8.42 Å². The third-order valence-corrected chi connectivity index (χ3v) is 6.31. The third-order valence-electron chi connectivity index (χ3n) is 4.95. The Morgan fingerprint density at radius 3 is 2.56 bits per heavy atom. The first-order valence-electron chi connectivity index (χ1n) is 10.2. The fraction of sp³-hybridized carbons (Fsp3) is 0.364. The molecule has 3 rings (SSSR count). The molecule has 10 heteroatoms. The summed E-state index contributed by atoms with van der Waals surface area (Å²) in [7, 11) is -3.95. The van der Waals surface area contributed by atoms with Crippen molar-refractivity contribution in [1.29, 1.82) is 0 Å². The summed E-state index contributed by atoms with van der Waals surface area (Å²) in [6.07, 6.45) is 0.350. The van der Waals surface area contributed by atoms with E-state index in [0.29, 0.717) is 44.0 Å². The van der Waals surface area contributed by atoms with Crippen LogP contribution in [0.2, 0.25) is 0 Å². The van der Waals surface area contributed by atoms with Gasteiger partial charge >= 0.3 is 5.97 Å². The van der Waals surface area contributed by atoms with E-state index in [0.717, 1.165) is 0 Å². The van der Waals surface area contributed by atoms with Crippen LogP contribution in [0.1, 0.15) is 28.8 Å². The maximum absolute atomic E-state index is 13.0. The number of hydrogen-bond donors (Lipinski definition) is 2. The number of amides is 1. The summed E-state index contributed by atoms with van der Waals surface area (Å²) in [4.78, 5) is 25.1. The topological polar surface area (TPSA) is 122 Å². The second-order valence-corrected chi connectivity index (χ2v) is 9.01. The summed E-state index contributed by atoms with van der Waals surface area (Å²) >= 11 is 0. The Kier molecular flexibility index (Phi) is 7.70. The van der Waals surface area contributed by atoms with Crippen LogP contribution in [0.5, 0.6) is 5.75 Å². The van der Waals surface area contributed by atoms with Crippen molar-refractivity contribution in [2.45, 2.75) is 24.7 Å². The molecule has 0 spiro atoms. The lowest BCUT2D eigenvalue weighted by molar-refractivity contribution is -0.137. The third kappa shape index (κ3) is 5.98. The van der Waals surface area contributed by atoms with E-state index < -0.39 is 16.0 Å². The number of aryl methyl sites for hydroxylation is 1. The van der Waals surface area contributed by atoms with Crippen molar-refractivity contribution in [2.75, 3.05) is 37.6 Å². The van der Waals surface area contributed by atoms with Gasteiger partial charge in [0.05, 0.1) is 36.0 Å². The van der Waals surface area contributed by atoms with Gasteiger partial charge in [0.15, 0.2) is 0 Å². The predicted octanol–water partition coefficient (Wildman–Crippen LogP) is 2.51. The van der Waals surface area contributed by atoms with Crippen LogP contribution in [-0.2, 0) is 19.6 Å². The van der Waals surface area contributed by atoms with Gasteiger partial charge in [0, 0.05) is 19.5 Å². The average Bonchev–Trinajstić information content (AvgIpc) is 2.77. The summed E-state index contributed by atoms with van der Waals surface area (Å²) < 4.78 is 39.3. The Bertz CT molecular complexity index is 1080. The summed E-state index contributed by atoms with van der Waals surface area (Å²) in [5.74, 6) is -0.671. The second-order valence-electron chi connectivity index (χ2n) is 7.33. The highest BCUT2D eigenvalue weighted by molar-refractivity contribution is 7.92. The first-order valence-corrected chi connectivity index (χ1v) is 11.7. The maximum atomic E-state index is 13.0. The monoisotopic (exact) mass is 462 g/mol.